The summed E-state index contributed by atoms with van der Waals surface area (Å²) in [6, 6.07) is 21.7. The summed E-state index contributed by atoms with van der Waals surface area (Å²) < 4.78 is 13.4. The number of carbonyl (C=O) groups is 2. The third-order valence-electron chi connectivity index (χ3n) is 7.38. The first kappa shape index (κ1) is 21.9. The minimum Gasteiger partial charge on any atom is -0.356 e. The second-order valence-electron chi connectivity index (χ2n) is 9.43. The van der Waals surface area contributed by atoms with Crippen LogP contribution in [0.2, 0.25) is 5.02 Å². The van der Waals surface area contributed by atoms with E-state index in [1.807, 2.05) is 49.4 Å². The standard InChI is InChI=1S/C28H23ClFN3O2/c1-28-26-25(21-4-2-3-5-23(21)31-26)22(18-8-10-19(29)11-9-18)15-33(28)24(34)16-32(27(28)35)14-17-6-12-20(30)13-7-17/h2-13,22,31H,14-16H2,1H3. The molecule has 2 aliphatic rings. The van der Waals surface area contributed by atoms with Crippen LogP contribution in [0.5, 0.6) is 0 Å². The summed E-state index contributed by atoms with van der Waals surface area (Å²) in [6.07, 6.45) is 0. The van der Waals surface area contributed by atoms with Gasteiger partial charge in [-0.3, -0.25) is 9.59 Å². The predicted octanol–water partition coefficient (Wildman–Crippen LogP) is 5.19. The summed E-state index contributed by atoms with van der Waals surface area (Å²) in [4.78, 5) is 34.4. The lowest BCUT2D eigenvalue weighted by molar-refractivity contribution is -0.166. The molecule has 2 amide bonds. The molecule has 35 heavy (non-hydrogen) atoms. The van der Waals surface area contributed by atoms with Crippen LogP contribution in [-0.4, -0.2) is 39.7 Å². The van der Waals surface area contributed by atoms with Crippen molar-refractivity contribution in [3.63, 3.8) is 0 Å². The number of aromatic amines is 1. The number of benzene rings is 3. The van der Waals surface area contributed by atoms with Crippen molar-refractivity contribution < 1.29 is 14.0 Å². The van der Waals surface area contributed by atoms with Crippen molar-refractivity contribution in [3.8, 4) is 0 Å². The Hall–Kier alpha value is -3.64. The Bertz CT molecular complexity index is 1460. The Morgan fingerprint density at radius 2 is 1.74 bits per heavy atom. The van der Waals surface area contributed by atoms with Crippen LogP contribution in [0.3, 0.4) is 0 Å². The Labute approximate surface area is 207 Å². The van der Waals surface area contributed by atoms with Crippen LogP contribution in [0.25, 0.3) is 10.9 Å². The van der Waals surface area contributed by atoms with E-state index in [0.717, 1.165) is 33.3 Å². The minimum absolute atomic E-state index is 0.0191. The fourth-order valence-electron chi connectivity index (χ4n) is 5.61. The number of halogens is 2. The van der Waals surface area contributed by atoms with E-state index in [0.29, 0.717) is 11.6 Å². The quantitative estimate of drug-likeness (QED) is 0.432. The van der Waals surface area contributed by atoms with Crippen molar-refractivity contribution in [2.24, 2.45) is 0 Å². The SMILES string of the molecule is CC12C(=O)N(Cc3ccc(F)cc3)CC(=O)N1CC(c1ccc(Cl)cc1)c1c2[nH]c2ccccc12. The Balaban J connectivity index is 1.49. The summed E-state index contributed by atoms with van der Waals surface area (Å²) in [6.45, 7) is 2.44. The molecule has 0 bridgehead atoms. The molecule has 2 aliphatic heterocycles. The Kier molecular flexibility index (Phi) is 4.97. The van der Waals surface area contributed by atoms with E-state index in [9.17, 15) is 14.0 Å². The number of nitrogens with one attached hydrogen (secondary N) is 1. The van der Waals surface area contributed by atoms with Crippen LogP contribution >= 0.6 is 11.6 Å². The van der Waals surface area contributed by atoms with Crippen molar-refractivity contribution in [1.82, 2.24) is 14.8 Å². The molecular weight excluding hydrogens is 465 g/mol. The highest BCUT2D eigenvalue weighted by Gasteiger charge is 2.56. The van der Waals surface area contributed by atoms with E-state index in [4.69, 9.17) is 11.6 Å². The van der Waals surface area contributed by atoms with Crippen LogP contribution in [0.1, 0.15) is 35.2 Å². The van der Waals surface area contributed by atoms with Gasteiger partial charge in [-0.15, -0.1) is 0 Å². The highest BCUT2D eigenvalue weighted by molar-refractivity contribution is 6.30. The van der Waals surface area contributed by atoms with Crippen LogP contribution in [0.15, 0.2) is 72.8 Å². The highest BCUT2D eigenvalue weighted by atomic mass is 35.5. The number of fused-ring (bicyclic) bond motifs is 5. The number of hydrogen-bond donors (Lipinski definition) is 1. The van der Waals surface area contributed by atoms with Gasteiger partial charge in [-0.2, -0.15) is 0 Å². The van der Waals surface area contributed by atoms with E-state index in [-0.39, 0.29) is 36.6 Å². The molecule has 0 aliphatic carbocycles. The van der Waals surface area contributed by atoms with Gasteiger partial charge in [0.2, 0.25) is 5.91 Å². The summed E-state index contributed by atoms with van der Waals surface area (Å²) >= 11 is 6.15. The van der Waals surface area contributed by atoms with Gasteiger partial charge in [0.15, 0.2) is 5.54 Å². The maximum absolute atomic E-state index is 14.0. The lowest BCUT2D eigenvalue weighted by atomic mass is 9.76. The maximum atomic E-state index is 14.0. The lowest BCUT2D eigenvalue weighted by Gasteiger charge is -2.51. The third kappa shape index (κ3) is 3.35. The van der Waals surface area contributed by atoms with Gasteiger partial charge in [-0.25, -0.2) is 4.39 Å². The second-order valence-corrected chi connectivity index (χ2v) is 9.86. The highest BCUT2D eigenvalue weighted by Crippen LogP contribution is 2.48. The monoisotopic (exact) mass is 487 g/mol. The molecule has 2 unspecified atom stereocenters. The number of hydrogen-bond acceptors (Lipinski definition) is 2. The predicted molar refractivity (Wildman–Crippen MR) is 132 cm³/mol. The van der Waals surface area contributed by atoms with Gasteiger partial charge < -0.3 is 14.8 Å². The van der Waals surface area contributed by atoms with E-state index in [2.05, 4.69) is 11.1 Å². The van der Waals surface area contributed by atoms with Gasteiger partial charge in [0, 0.05) is 34.9 Å². The zero-order valence-electron chi connectivity index (χ0n) is 19.1. The number of rotatable bonds is 3. The van der Waals surface area contributed by atoms with Gasteiger partial charge in [-0.05, 0) is 53.9 Å². The molecule has 1 N–H and O–H groups in total. The average molecular weight is 488 g/mol. The van der Waals surface area contributed by atoms with Crippen molar-refractivity contribution in [1.29, 1.82) is 0 Å². The van der Waals surface area contributed by atoms with Crippen LogP contribution in [-0.2, 0) is 21.7 Å². The number of nitrogens with zero attached hydrogens (tertiary/aromatic N) is 2. The molecule has 1 fully saturated rings. The van der Waals surface area contributed by atoms with Crippen LogP contribution < -0.4 is 0 Å². The summed E-state index contributed by atoms with van der Waals surface area (Å²) in [5.41, 5.74) is 3.34. The molecule has 3 aromatic carbocycles. The lowest BCUT2D eigenvalue weighted by Crippen LogP contribution is -2.67. The normalized spacial score (nSPS) is 21.9. The smallest absolute Gasteiger partial charge is 0.255 e. The zero-order chi connectivity index (χ0) is 24.3. The van der Waals surface area contributed by atoms with Crippen LogP contribution in [0.4, 0.5) is 4.39 Å². The van der Waals surface area contributed by atoms with Crippen molar-refractivity contribution in [2.75, 3.05) is 13.1 Å². The van der Waals surface area contributed by atoms with Crippen molar-refractivity contribution >= 4 is 34.3 Å². The number of piperazine rings is 1. The molecule has 1 aromatic heterocycles. The Morgan fingerprint density at radius 3 is 2.49 bits per heavy atom. The molecule has 0 spiro atoms. The van der Waals surface area contributed by atoms with E-state index < -0.39 is 5.54 Å². The van der Waals surface area contributed by atoms with E-state index in [1.165, 1.54) is 12.1 Å². The second kappa shape index (κ2) is 7.95. The van der Waals surface area contributed by atoms with E-state index in [1.54, 1.807) is 21.9 Å². The Morgan fingerprint density at radius 1 is 1.03 bits per heavy atom. The van der Waals surface area contributed by atoms with Gasteiger partial charge in [-0.1, -0.05) is 54.1 Å². The van der Waals surface area contributed by atoms with Crippen molar-refractivity contribution in [2.45, 2.75) is 24.9 Å². The van der Waals surface area contributed by atoms with Gasteiger partial charge in [0.1, 0.15) is 12.4 Å². The molecule has 7 heteroatoms. The fraction of sp³-hybridized carbons (Fsp3) is 0.214. The van der Waals surface area contributed by atoms with Crippen LogP contribution in [0, 0.1) is 5.82 Å². The molecule has 6 rings (SSSR count). The topological polar surface area (TPSA) is 56.4 Å². The number of H-pyrrole nitrogens is 1. The van der Waals surface area contributed by atoms with Crippen molar-refractivity contribution in [3.05, 3.63) is 106 Å². The largest absolute Gasteiger partial charge is 0.356 e. The molecule has 176 valence electrons. The summed E-state index contributed by atoms with van der Waals surface area (Å²) in [5, 5.41) is 1.69. The number of carbonyl (C=O) groups excluding carboxylic acids is 2. The molecule has 2 atom stereocenters. The summed E-state index contributed by atoms with van der Waals surface area (Å²) in [5.74, 6) is -0.704. The molecule has 0 saturated carbocycles. The third-order valence-corrected chi connectivity index (χ3v) is 7.63. The fourth-order valence-corrected chi connectivity index (χ4v) is 5.73. The first-order valence-corrected chi connectivity index (χ1v) is 11.9. The molecule has 0 radical (unpaired) electrons. The number of amides is 2. The molecule has 5 nitrogen and oxygen atoms in total. The van der Waals surface area contributed by atoms with Gasteiger partial charge >= 0.3 is 0 Å². The molecule has 1 saturated heterocycles. The molecular formula is C28H23ClFN3O2. The first-order valence-electron chi connectivity index (χ1n) is 11.6. The summed E-state index contributed by atoms with van der Waals surface area (Å²) in [7, 11) is 0. The van der Waals surface area contributed by atoms with Gasteiger partial charge in [0.05, 0.1) is 5.69 Å². The van der Waals surface area contributed by atoms with Gasteiger partial charge in [0.25, 0.3) is 5.91 Å². The van der Waals surface area contributed by atoms with E-state index >= 15 is 0 Å². The molecule has 4 aromatic rings. The number of aromatic nitrogens is 1. The average Bonchev–Trinajstić information content (AvgIpc) is 3.25. The molecule has 3 heterocycles. The minimum atomic E-state index is -1.17. The number of para-hydroxylation sites is 1. The maximum Gasteiger partial charge on any atom is 0.255 e. The zero-order valence-corrected chi connectivity index (χ0v) is 19.8. The first-order chi connectivity index (χ1) is 16.9.